The zero-order valence-electron chi connectivity index (χ0n) is 20.0. The van der Waals surface area contributed by atoms with Crippen molar-refractivity contribution in [1.29, 1.82) is 0 Å². The molecule has 0 unspecified atom stereocenters. The highest BCUT2D eigenvalue weighted by Gasteiger charge is 2.45. The van der Waals surface area contributed by atoms with Gasteiger partial charge in [-0.1, -0.05) is 35.9 Å². The van der Waals surface area contributed by atoms with E-state index in [9.17, 15) is 4.79 Å². The number of carbonyl (C=O) groups excluding carboxylic acids is 1. The number of nitrogens with one attached hydrogen (secondary N) is 1. The Morgan fingerprint density at radius 2 is 1.97 bits per heavy atom. The molecular weight excluding hydrogens is 444 g/mol. The average Bonchev–Trinajstić information content (AvgIpc) is 3.56. The summed E-state index contributed by atoms with van der Waals surface area (Å²) in [5.74, 6) is 1.52. The highest BCUT2D eigenvalue weighted by molar-refractivity contribution is 6.31. The van der Waals surface area contributed by atoms with Crippen molar-refractivity contribution in [2.75, 3.05) is 7.05 Å². The molecule has 176 valence electrons. The molecule has 3 heterocycles. The highest BCUT2D eigenvalue weighted by atomic mass is 35.5. The lowest BCUT2D eigenvalue weighted by molar-refractivity contribution is 0.0648. The van der Waals surface area contributed by atoms with Gasteiger partial charge in [0.2, 0.25) is 0 Å². The van der Waals surface area contributed by atoms with Crippen LogP contribution in [0.1, 0.15) is 78.3 Å². The number of carbonyl (C=O) groups is 1. The molecule has 6 rings (SSSR count). The molecule has 1 N–H and O–H groups in total. The lowest BCUT2D eigenvalue weighted by Crippen LogP contribution is -2.54. The Bertz CT molecular complexity index is 1290. The van der Waals surface area contributed by atoms with Gasteiger partial charge in [-0.05, 0) is 75.6 Å². The van der Waals surface area contributed by atoms with Gasteiger partial charge >= 0.3 is 0 Å². The molecule has 0 radical (unpaired) electrons. The second-order valence-electron chi connectivity index (χ2n) is 10.8. The molecule has 3 aromatic rings. The predicted molar refractivity (Wildman–Crippen MR) is 136 cm³/mol. The van der Waals surface area contributed by atoms with Crippen LogP contribution in [0.5, 0.6) is 0 Å². The number of rotatable bonds is 4. The van der Waals surface area contributed by atoms with Crippen molar-refractivity contribution in [3.63, 3.8) is 0 Å². The summed E-state index contributed by atoms with van der Waals surface area (Å²) in [6.07, 6.45) is 5.45. The number of aromatic nitrogens is 2. The lowest BCUT2D eigenvalue weighted by atomic mass is 9.88. The summed E-state index contributed by atoms with van der Waals surface area (Å²) in [5, 5.41) is 5.53. The minimum absolute atomic E-state index is 0.0631. The lowest BCUT2D eigenvalue weighted by Gasteiger charge is -2.40. The van der Waals surface area contributed by atoms with Crippen LogP contribution >= 0.6 is 11.6 Å². The number of hydrogen-bond acceptors (Lipinski definition) is 4. The predicted octanol–water partition coefficient (Wildman–Crippen LogP) is 5.61. The number of benzene rings is 2. The summed E-state index contributed by atoms with van der Waals surface area (Å²) < 4.78 is 0. The fraction of sp³-hybridized carbons (Fsp3) is 0.464. The second kappa shape index (κ2) is 8.03. The van der Waals surface area contributed by atoms with Gasteiger partial charge in [0, 0.05) is 46.6 Å². The van der Waals surface area contributed by atoms with Crippen LogP contribution in [-0.2, 0) is 0 Å². The van der Waals surface area contributed by atoms with Gasteiger partial charge in [0.1, 0.15) is 5.82 Å². The van der Waals surface area contributed by atoms with Gasteiger partial charge in [-0.2, -0.15) is 0 Å². The number of halogens is 1. The van der Waals surface area contributed by atoms with Gasteiger partial charge in [0.25, 0.3) is 5.91 Å². The molecule has 2 saturated heterocycles. The molecule has 5 atom stereocenters. The summed E-state index contributed by atoms with van der Waals surface area (Å²) in [6.45, 7) is 4.24. The molecule has 2 aliphatic heterocycles. The minimum Gasteiger partial charge on any atom is -0.339 e. The molecular formula is C28H31ClN4O. The molecule has 1 aliphatic carbocycles. The van der Waals surface area contributed by atoms with Gasteiger partial charge in [-0.25, -0.2) is 9.97 Å². The summed E-state index contributed by atoms with van der Waals surface area (Å²) in [7, 11) is 1.95. The molecule has 5 nitrogen and oxygen atoms in total. The van der Waals surface area contributed by atoms with Gasteiger partial charge < -0.3 is 10.2 Å². The van der Waals surface area contributed by atoms with E-state index in [-0.39, 0.29) is 17.5 Å². The molecule has 1 saturated carbocycles. The third kappa shape index (κ3) is 3.79. The molecule has 0 spiro atoms. The number of amides is 1. The summed E-state index contributed by atoms with van der Waals surface area (Å²) in [4.78, 5) is 24.6. The Labute approximate surface area is 205 Å². The molecule has 34 heavy (non-hydrogen) atoms. The van der Waals surface area contributed by atoms with E-state index in [1.807, 2.05) is 49.2 Å². The highest BCUT2D eigenvalue weighted by Crippen LogP contribution is 2.56. The monoisotopic (exact) mass is 474 g/mol. The van der Waals surface area contributed by atoms with Crippen molar-refractivity contribution in [3.05, 3.63) is 70.1 Å². The number of piperidine rings is 1. The maximum atomic E-state index is 13.3. The van der Waals surface area contributed by atoms with Crippen molar-refractivity contribution >= 4 is 28.4 Å². The summed E-state index contributed by atoms with van der Waals surface area (Å²) >= 11 is 6.77. The first-order valence-corrected chi connectivity index (χ1v) is 12.8. The smallest absolute Gasteiger partial charge is 0.253 e. The zero-order valence-corrected chi connectivity index (χ0v) is 20.8. The van der Waals surface area contributed by atoms with Crippen molar-refractivity contribution in [1.82, 2.24) is 20.2 Å². The Morgan fingerprint density at radius 1 is 1.15 bits per heavy atom. The molecule has 6 heteroatoms. The molecule has 1 amide bonds. The van der Waals surface area contributed by atoms with E-state index in [4.69, 9.17) is 16.6 Å². The Balaban J connectivity index is 1.21. The largest absolute Gasteiger partial charge is 0.339 e. The van der Waals surface area contributed by atoms with Crippen LogP contribution < -0.4 is 5.32 Å². The summed E-state index contributed by atoms with van der Waals surface area (Å²) in [5.41, 5.74) is 4.05. The van der Waals surface area contributed by atoms with E-state index in [0.29, 0.717) is 28.5 Å². The Kier molecular flexibility index (Phi) is 5.19. The van der Waals surface area contributed by atoms with Crippen LogP contribution in [0.2, 0.25) is 5.02 Å². The van der Waals surface area contributed by atoms with Crippen LogP contribution in [0.15, 0.2) is 42.5 Å². The van der Waals surface area contributed by atoms with Crippen LogP contribution in [0.3, 0.4) is 0 Å². The quantitative estimate of drug-likeness (QED) is 0.534. The molecule has 2 bridgehead atoms. The fourth-order valence-electron chi connectivity index (χ4n) is 6.37. The van der Waals surface area contributed by atoms with E-state index in [1.54, 1.807) is 0 Å². The molecule has 1 aromatic heterocycles. The van der Waals surface area contributed by atoms with E-state index >= 15 is 0 Å². The van der Waals surface area contributed by atoms with Gasteiger partial charge in [-0.15, -0.1) is 0 Å². The van der Waals surface area contributed by atoms with E-state index in [0.717, 1.165) is 47.2 Å². The topological polar surface area (TPSA) is 58.1 Å². The Hall–Kier alpha value is -2.50. The third-order valence-corrected chi connectivity index (χ3v) is 8.57. The van der Waals surface area contributed by atoms with Crippen molar-refractivity contribution in [2.24, 2.45) is 0 Å². The van der Waals surface area contributed by atoms with E-state index in [1.165, 1.54) is 12.8 Å². The maximum absolute atomic E-state index is 13.3. The Morgan fingerprint density at radius 3 is 2.76 bits per heavy atom. The number of para-hydroxylation sites is 1. The maximum Gasteiger partial charge on any atom is 0.253 e. The second-order valence-corrected chi connectivity index (χ2v) is 11.2. The van der Waals surface area contributed by atoms with Gasteiger partial charge in [0.15, 0.2) is 0 Å². The SMILES string of the molecule is Cc1nc([C@H]2C[C@@H]2c2ccc(C(=O)N(C)[C@H]3C[C@H]4CC[C@@](C)(C3)N4)cc2Cl)c2ccccc2n1. The van der Waals surface area contributed by atoms with Crippen LogP contribution in [-0.4, -0.2) is 45.4 Å². The van der Waals surface area contributed by atoms with E-state index in [2.05, 4.69) is 29.4 Å². The fourth-order valence-corrected chi connectivity index (χ4v) is 6.69. The number of hydrogen-bond donors (Lipinski definition) is 1. The van der Waals surface area contributed by atoms with Gasteiger partial charge in [0.05, 0.1) is 11.2 Å². The van der Waals surface area contributed by atoms with Crippen LogP contribution in [0.4, 0.5) is 0 Å². The average molecular weight is 475 g/mol. The molecule has 3 fully saturated rings. The first-order valence-electron chi connectivity index (χ1n) is 12.4. The van der Waals surface area contributed by atoms with Crippen molar-refractivity contribution in [3.8, 4) is 0 Å². The van der Waals surface area contributed by atoms with Crippen molar-refractivity contribution < 1.29 is 4.79 Å². The van der Waals surface area contributed by atoms with Gasteiger partial charge in [-0.3, -0.25) is 4.79 Å². The molecule has 3 aliphatic rings. The van der Waals surface area contributed by atoms with E-state index < -0.39 is 0 Å². The first-order chi connectivity index (χ1) is 16.3. The van der Waals surface area contributed by atoms with Crippen LogP contribution in [0, 0.1) is 6.92 Å². The zero-order chi connectivity index (χ0) is 23.6. The van der Waals surface area contributed by atoms with Crippen LogP contribution in [0.25, 0.3) is 10.9 Å². The first kappa shape index (κ1) is 22.0. The normalized spacial score (nSPS) is 29.9. The molecule has 2 aromatic carbocycles. The minimum atomic E-state index is 0.0631. The summed E-state index contributed by atoms with van der Waals surface area (Å²) in [6, 6.07) is 14.9. The van der Waals surface area contributed by atoms with Crippen molar-refractivity contribution in [2.45, 2.75) is 75.4 Å². The number of aryl methyl sites for hydroxylation is 1. The number of nitrogens with zero attached hydrogens (tertiary/aromatic N) is 3. The number of fused-ring (bicyclic) bond motifs is 3. The third-order valence-electron chi connectivity index (χ3n) is 8.24. The standard InChI is InChI=1S/C28H31ClN4O/c1-16-30-25-7-5-4-6-21(25)26(31-16)23-14-22(23)20-9-8-17(12-24(20)29)27(34)33(3)19-13-18-10-11-28(2,15-19)32-18/h4-9,12,18-19,22-23,32H,10-11,13-15H2,1-3H3/t18-,19+,22-,23+,28+/m1/s1.